The fourth-order valence-corrected chi connectivity index (χ4v) is 3.01. The summed E-state index contributed by atoms with van der Waals surface area (Å²) in [6, 6.07) is 0.758. The Labute approximate surface area is 128 Å². The number of hydrogen-bond acceptors (Lipinski definition) is 4. The lowest BCUT2D eigenvalue weighted by atomic mass is 10.0. The van der Waals surface area contributed by atoms with Gasteiger partial charge in [0.15, 0.2) is 0 Å². The first kappa shape index (κ1) is 16.3. The van der Waals surface area contributed by atoms with Gasteiger partial charge < -0.3 is 19.5 Å². The van der Waals surface area contributed by atoms with Crippen molar-refractivity contribution in [3.8, 4) is 0 Å². The molecule has 1 aliphatic heterocycles. The van der Waals surface area contributed by atoms with Crippen molar-refractivity contribution in [2.45, 2.75) is 51.6 Å². The van der Waals surface area contributed by atoms with Crippen LogP contribution in [0, 0.1) is 0 Å². The predicted molar refractivity (Wildman–Crippen MR) is 86.7 cm³/mol. The molecule has 0 aliphatic carbocycles. The van der Waals surface area contributed by atoms with Gasteiger partial charge in [0.1, 0.15) is 0 Å². The number of methoxy groups -OCH3 is 1. The van der Waals surface area contributed by atoms with Crippen molar-refractivity contribution in [3.63, 3.8) is 0 Å². The predicted octanol–water partition coefficient (Wildman–Crippen LogP) is 2.60. The largest absolute Gasteiger partial charge is 0.385 e. The Hall–Kier alpha value is -1.07. The average Bonchev–Trinajstić information content (AvgIpc) is 2.93. The normalized spacial score (nSPS) is 19.8. The number of aryl methyl sites for hydroxylation is 1. The molecule has 0 amide bonds. The molecule has 0 saturated carbocycles. The smallest absolute Gasteiger partial charge is 0.202 e. The summed E-state index contributed by atoms with van der Waals surface area (Å²) < 4.78 is 7.28. The number of likely N-dealkylation sites (tertiary alicyclic amines) is 1. The van der Waals surface area contributed by atoms with Gasteiger partial charge in [-0.05, 0) is 39.2 Å². The van der Waals surface area contributed by atoms with Crippen molar-refractivity contribution in [2.24, 2.45) is 0 Å². The van der Waals surface area contributed by atoms with Crippen molar-refractivity contribution in [2.75, 3.05) is 38.7 Å². The molecule has 1 aromatic rings. The monoisotopic (exact) mass is 294 g/mol. The van der Waals surface area contributed by atoms with Crippen molar-refractivity contribution < 1.29 is 4.74 Å². The zero-order valence-corrected chi connectivity index (χ0v) is 13.6. The minimum atomic E-state index is 0.758. The lowest BCUT2D eigenvalue weighted by Gasteiger charge is -2.33. The van der Waals surface area contributed by atoms with Gasteiger partial charge in [0.05, 0.1) is 0 Å². The van der Waals surface area contributed by atoms with E-state index in [2.05, 4.69) is 32.9 Å². The van der Waals surface area contributed by atoms with Gasteiger partial charge in [0.2, 0.25) is 5.95 Å². The fourth-order valence-electron chi connectivity index (χ4n) is 3.01. The fraction of sp³-hybridized carbons (Fsp3) is 0.812. The minimum absolute atomic E-state index is 0.758. The molecule has 2 heterocycles. The van der Waals surface area contributed by atoms with E-state index in [-0.39, 0.29) is 0 Å². The number of rotatable bonds is 9. The Morgan fingerprint density at radius 2 is 2.24 bits per heavy atom. The number of aromatic nitrogens is 2. The molecule has 0 bridgehead atoms. The molecule has 1 saturated heterocycles. The van der Waals surface area contributed by atoms with Crippen LogP contribution in [-0.2, 0) is 11.3 Å². The third kappa shape index (κ3) is 5.32. The van der Waals surface area contributed by atoms with Crippen LogP contribution in [0.1, 0.15) is 39.0 Å². The SMILES string of the molecule is COCCCNc1nccn1CCCN1CCCCC1C. The van der Waals surface area contributed by atoms with Crippen molar-refractivity contribution in [3.05, 3.63) is 12.4 Å². The molecular formula is C16H30N4O. The van der Waals surface area contributed by atoms with Crippen molar-refractivity contribution in [1.82, 2.24) is 14.5 Å². The van der Waals surface area contributed by atoms with E-state index in [0.29, 0.717) is 0 Å². The molecule has 1 aliphatic rings. The molecule has 2 rings (SSSR count). The van der Waals surface area contributed by atoms with E-state index in [1.165, 1.54) is 38.8 Å². The van der Waals surface area contributed by atoms with E-state index >= 15 is 0 Å². The lowest BCUT2D eigenvalue weighted by Crippen LogP contribution is -2.38. The van der Waals surface area contributed by atoms with Gasteiger partial charge in [0, 0.05) is 51.8 Å². The maximum Gasteiger partial charge on any atom is 0.202 e. The topological polar surface area (TPSA) is 42.3 Å². The quantitative estimate of drug-likeness (QED) is 0.711. The summed E-state index contributed by atoms with van der Waals surface area (Å²) in [4.78, 5) is 7.02. The van der Waals surface area contributed by atoms with E-state index in [1.807, 2.05) is 6.20 Å². The van der Waals surface area contributed by atoms with E-state index in [0.717, 1.165) is 38.1 Å². The Kier molecular flexibility index (Phi) is 7.03. The van der Waals surface area contributed by atoms with Gasteiger partial charge in [-0.2, -0.15) is 0 Å². The van der Waals surface area contributed by atoms with Crippen LogP contribution in [0.4, 0.5) is 5.95 Å². The minimum Gasteiger partial charge on any atom is -0.385 e. The highest BCUT2D eigenvalue weighted by atomic mass is 16.5. The van der Waals surface area contributed by atoms with Gasteiger partial charge in [-0.3, -0.25) is 0 Å². The van der Waals surface area contributed by atoms with Crippen LogP contribution >= 0.6 is 0 Å². The van der Waals surface area contributed by atoms with Crippen LogP contribution in [0.25, 0.3) is 0 Å². The molecular weight excluding hydrogens is 264 g/mol. The maximum absolute atomic E-state index is 5.06. The van der Waals surface area contributed by atoms with E-state index in [9.17, 15) is 0 Å². The molecule has 21 heavy (non-hydrogen) atoms. The molecule has 5 nitrogen and oxygen atoms in total. The number of hydrogen-bond donors (Lipinski definition) is 1. The van der Waals surface area contributed by atoms with Gasteiger partial charge in [0.25, 0.3) is 0 Å². The molecule has 1 atom stereocenters. The molecule has 1 N–H and O–H groups in total. The van der Waals surface area contributed by atoms with Gasteiger partial charge in [-0.25, -0.2) is 4.98 Å². The Morgan fingerprint density at radius 3 is 3.05 bits per heavy atom. The van der Waals surface area contributed by atoms with Gasteiger partial charge in [-0.15, -0.1) is 0 Å². The van der Waals surface area contributed by atoms with Crippen molar-refractivity contribution >= 4 is 5.95 Å². The Bertz CT molecular complexity index is 393. The highest BCUT2D eigenvalue weighted by molar-refractivity contribution is 5.25. The van der Waals surface area contributed by atoms with Crippen LogP contribution in [0.3, 0.4) is 0 Å². The number of piperidine rings is 1. The van der Waals surface area contributed by atoms with Crippen LogP contribution in [0.5, 0.6) is 0 Å². The second-order valence-corrected chi connectivity index (χ2v) is 5.95. The Balaban J connectivity index is 1.69. The number of ether oxygens (including phenoxy) is 1. The first-order valence-corrected chi connectivity index (χ1v) is 8.29. The van der Waals surface area contributed by atoms with E-state index in [1.54, 1.807) is 7.11 Å². The molecule has 5 heteroatoms. The van der Waals surface area contributed by atoms with E-state index in [4.69, 9.17) is 4.74 Å². The molecule has 1 fully saturated rings. The zero-order chi connectivity index (χ0) is 14.9. The summed E-state index contributed by atoms with van der Waals surface area (Å²) in [5.41, 5.74) is 0. The number of anilines is 1. The van der Waals surface area contributed by atoms with Crippen LogP contribution < -0.4 is 5.32 Å². The second kappa shape index (κ2) is 9.05. The molecule has 0 aromatic carbocycles. The standard InChI is InChI=1S/C16H30N4O/c1-15-7-3-4-10-19(15)11-6-12-20-13-9-18-16(20)17-8-5-14-21-2/h9,13,15H,3-8,10-12,14H2,1-2H3,(H,17,18). The summed E-state index contributed by atoms with van der Waals surface area (Å²) in [5, 5.41) is 3.38. The van der Waals surface area contributed by atoms with E-state index < -0.39 is 0 Å². The first-order valence-electron chi connectivity index (χ1n) is 8.29. The lowest BCUT2D eigenvalue weighted by molar-refractivity contribution is 0.157. The maximum atomic E-state index is 5.06. The summed E-state index contributed by atoms with van der Waals surface area (Å²) in [7, 11) is 1.74. The van der Waals surface area contributed by atoms with Crippen molar-refractivity contribution in [1.29, 1.82) is 0 Å². The summed E-state index contributed by atoms with van der Waals surface area (Å²) >= 11 is 0. The van der Waals surface area contributed by atoms with Gasteiger partial charge in [-0.1, -0.05) is 6.42 Å². The third-order valence-electron chi connectivity index (χ3n) is 4.31. The second-order valence-electron chi connectivity index (χ2n) is 5.95. The highest BCUT2D eigenvalue weighted by Crippen LogP contribution is 2.16. The molecule has 0 spiro atoms. The molecule has 120 valence electrons. The van der Waals surface area contributed by atoms with Crippen LogP contribution in [-0.4, -0.2) is 53.8 Å². The van der Waals surface area contributed by atoms with Crippen LogP contribution in [0.2, 0.25) is 0 Å². The van der Waals surface area contributed by atoms with Gasteiger partial charge >= 0.3 is 0 Å². The Morgan fingerprint density at radius 1 is 1.33 bits per heavy atom. The highest BCUT2D eigenvalue weighted by Gasteiger charge is 2.17. The summed E-state index contributed by atoms with van der Waals surface area (Å²) in [6.07, 6.45) is 10.3. The summed E-state index contributed by atoms with van der Waals surface area (Å²) in [5.74, 6) is 0.984. The number of nitrogens with zero attached hydrogens (tertiary/aromatic N) is 3. The third-order valence-corrected chi connectivity index (χ3v) is 4.31. The average molecular weight is 294 g/mol. The van der Waals surface area contributed by atoms with Crippen LogP contribution in [0.15, 0.2) is 12.4 Å². The first-order chi connectivity index (χ1) is 10.3. The zero-order valence-electron chi connectivity index (χ0n) is 13.6. The molecule has 1 aromatic heterocycles. The number of nitrogens with one attached hydrogen (secondary N) is 1. The number of imidazole rings is 1. The molecule has 0 radical (unpaired) electrons. The summed E-state index contributed by atoms with van der Waals surface area (Å²) in [6.45, 7) is 7.57. The molecule has 1 unspecified atom stereocenters.